The number of rotatable bonds is 7. The fourth-order valence-corrected chi connectivity index (χ4v) is 3.13. The molecule has 0 fully saturated rings. The van der Waals surface area contributed by atoms with Crippen LogP contribution < -0.4 is 0 Å². The van der Waals surface area contributed by atoms with E-state index in [0.717, 1.165) is 6.42 Å². The van der Waals surface area contributed by atoms with Gasteiger partial charge in [0.05, 0.1) is 0 Å². The summed E-state index contributed by atoms with van der Waals surface area (Å²) in [4.78, 5) is 23.5. The first-order valence-electron chi connectivity index (χ1n) is 6.86. The molecule has 0 rings (SSSR count). The minimum Gasteiger partial charge on any atom is -0.520 e. The molecule has 0 N–H and O–H groups in total. The summed E-state index contributed by atoms with van der Waals surface area (Å²) < 4.78 is 10.8. The summed E-state index contributed by atoms with van der Waals surface area (Å²) in [6.45, 7) is 13.8. The van der Waals surface area contributed by atoms with E-state index in [1.165, 1.54) is 0 Å². The second-order valence-electron chi connectivity index (χ2n) is 6.86. The third-order valence-electron chi connectivity index (χ3n) is 2.33. The van der Waals surface area contributed by atoms with Gasteiger partial charge in [-0.05, 0) is 45.2 Å². The fraction of sp³-hybridized carbons (Fsp3) is 0.846. The average Bonchev–Trinajstić information content (AvgIpc) is 2.10. The SMILES string of the molecule is CCC(CC(=O)O[Si](C)(C)C)CC(=O)O[Si](C)(C)C. The van der Waals surface area contributed by atoms with Crippen LogP contribution in [-0.4, -0.2) is 28.6 Å². The van der Waals surface area contributed by atoms with Gasteiger partial charge in [-0.15, -0.1) is 0 Å². The molecule has 112 valence electrons. The lowest BCUT2D eigenvalue weighted by molar-refractivity contribution is -0.138. The van der Waals surface area contributed by atoms with E-state index in [0.29, 0.717) is 12.8 Å². The maximum absolute atomic E-state index is 11.8. The molecule has 0 saturated carbocycles. The molecule has 0 bridgehead atoms. The summed E-state index contributed by atoms with van der Waals surface area (Å²) in [6, 6.07) is 0. The molecule has 0 spiro atoms. The Bertz CT molecular complexity index is 286. The predicted molar refractivity (Wildman–Crippen MR) is 81.9 cm³/mol. The highest BCUT2D eigenvalue weighted by atomic mass is 28.4. The Morgan fingerprint density at radius 2 is 1.16 bits per heavy atom. The van der Waals surface area contributed by atoms with Crippen LogP contribution >= 0.6 is 0 Å². The van der Waals surface area contributed by atoms with Crippen LogP contribution in [0.25, 0.3) is 0 Å². The average molecular weight is 305 g/mol. The summed E-state index contributed by atoms with van der Waals surface area (Å²) >= 11 is 0. The monoisotopic (exact) mass is 304 g/mol. The summed E-state index contributed by atoms with van der Waals surface area (Å²) in [6.07, 6.45) is 1.39. The third-order valence-corrected chi connectivity index (χ3v) is 4.01. The second kappa shape index (κ2) is 7.23. The normalized spacial score (nSPS) is 12.4. The Hall–Kier alpha value is -0.626. The van der Waals surface area contributed by atoms with E-state index >= 15 is 0 Å². The lowest BCUT2D eigenvalue weighted by Gasteiger charge is -2.22. The maximum atomic E-state index is 11.8. The molecule has 0 aliphatic heterocycles. The molecule has 4 nitrogen and oxygen atoms in total. The van der Waals surface area contributed by atoms with E-state index in [-0.39, 0.29) is 17.9 Å². The Balaban J connectivity index is 4.29. The van der Waals surface area contributed by atoms with E-state index in [2.05, 4.69) is 0 Å². The molecule has 0 radical (unpaired) electrons. The molecule has 0 unspecified atom stereocenters. The molecule has 0 amide bonds. The molecular formula is C13H28O4Si2. The number of hydrogen-bond donors (Lipinski definition) is 0. The van der Waals surface area contributed by atoms with Crippen LogP contribution in [-0.2, 0) is 18.4 Å². The van der Waals surface area contributed by atoms with Crippen molar-refractivity contribution in [2.45, 2.75) is 65.5 Å². The Morgan fingerprint density at radius 1 is 0.842 bits per heavy atom. The summed E-state index contributed by atoms with van der Waals surface area (Å²) in [7, 11) is -3.67. The van der Waals surface area contributed by atoms with Gasteiger partial charge in [-0.3, -0.25) is 9.59 Å². The van der Waals surface area contributed by atoms with Crippen molar-refractivity contribution in [3.8, 4) is 0 Å². The zero-order valence-electron chi connectivity index (χ0n) is 13.3. The van der Waals surface area contributed by atoms with E-state index in [9.17, 15) is 9.59 Å². The largest absolute Gasteiger partial charge is 0.520 e. The first-order chi connectivity index (χ1) is 8.43. The number of carbonyl (C=O) groups is 2. The molecule has 0 aliphatic carbocycles. The van der Waals surface area contributed by atoms with Crippen molar-refractivity contribution < 1.29 is 18.4 Å². The molecule has 0 aromatic rings. The number of carbonyl (C=O) groups excluding carboxylic acids is 2. The Morgan fingerprint density at radius 3 is 1.37 bits per heavy atom. The minimum absolute atomic E-state index is 0.0210. The predicted octanol–water partition coefficient (Wildman–Crippen LogP) is 3.55. The van der Waals surface area contributed by atoms with Crippen LogP contribution in [0.3, 0.4) is 0 Å². The zero-order chi connectivity index (χ0) is 15.3. The maximum Gasteiger partial charge on any atom is 0.292 e. The third kappa shape index (κ3) is 10.9. The van der Waals surface area contributed by atoms with Gasteiger partial charge in [-0.2, -0.15) is 0 Å². The summed E-state index contributed by atoms with van der Waals surface area (Å²) in [5.74, 6) is -0.355. The first kappa shape index (κ1) is 18.4. The van der Waals surface area contributed by atoms with Crippen molar-refractivity contribution in [3.63, 3.8) is 0 Å². The number of hydrogen-bond acceptors (Lipinski definition) is 4. The molecule has 0 aromatic heterocycles. The van der Waals surface area contributed by atoms with Crippen molar-refractivity contribution in [2.24, 2.45) is 5.92 Å². The van der Waals surface area contributed by atoms with Gasteiger partial charge < -0.3 is 8.85 Å². The molecule has 0 saturated heterocycles. The highest BCUT2D eigenvalue weighted by molar-refractivity contribution is 6.71. The van der Waals surface area contributed by atoms with Crippen LogP contribution in [0.4, 0.5) is 0 Å². The second-order valence-corrected chi connectivity index (χ2v) is 15.7. The highest BCUT2D eigenvalue weighted by Crippen LogP contribution is 2.18. The van der Waals surface area contributed by atoms with Crippen LogP contribution in [0.1, 0.15) is 26.2 Å². The van der Waals surface area contributed by atoms with Crippen molar-refractivity contribution in [3.05, 3.63) is 0 Å². The summed E-state index contributed by atoms with van der Waals surface area (Å²) in [5, 5.41) is 0. The van der Waals surface area contributed by atoms with E-state index in [1.807, 2.05) is 46.2 Å². The quantitative estimate of drug-likeness (QED) is 0.675. The summed E-state index contributed by atoms with van der Waals surface area (Å²) in [5.41, 5.74) is 0. The van der Waals surface area contributed by atoms with Gasteiger partial charge in [0, 0.05) is 12.8 Å². The van der Waals surface area contributed by atoms with Gasteiger partial charge in [0.25, 0.3) is 11.9 Å². The smallest absolute Gasteiger partial charge is 0.292 e. The lowest BCUT2D eigenvalue weighted by atomic mass is 9.99. The Labute approximate surface area is 119 Å². The van der Waals surface area contributed by atoms with Crippen LogP contribution in [0.15, 0.2) is 0 Å². The van der Waals surface area contributed by atoms with Gasteiger partial charge in [0.2, 0.25) is 16.6 Å². The van der Waals surface area contributed by atoms with Gasteiger partial charge in [0.15, 0.2) is 0 Å². The molecule has 0 aliphatic rings. The molecular weight excluding hydrogens is 276 g/mol. The van der Waals surface area contributed by atoms with Crippen molar-refractivity contribution in [1.82, 2.24) is 0 Å². The highest BCUT2D eigenvalue weighted by Gasteiger charge is 2.25. The van der Waals surface area contributed by atoms with Gasteiger partial charge in [0.1, 0.15) is 0 Å². The zero-order valence-corrected chi connectivity index (χ0v) is 15.3. The van der Waals surface area contributed by atoms with Gasteiger partial charge in [-0.1, -0.05) is 13.3 Å². The molecule has 0 aromatic carbocycles. The van der Waals surface area contributed by atoms with E-state index < -0.39 is 16.6 Å². The fourth-order valence-electron chi connectivity index (χ4n) is 1.60. The van der Waals surface area contributed by atoms with E-state index in [4.69, 9.17) is 8.85 Å². The molecule has 0 atom stereocenters. The molecule has 19 heavy (non-hydrogen) atoms. The van der Waals surface area contributed by atoms with Crippen LogP contribution in [0, 0.1) is 5.92 Å². The Kier molecular flexibility index (Phi) is 7.00. The van der Waals surface area contributed by atoms with Crippen molar-refractivity contribution in [1.29, 1.82) is 0 Å². The van der Waals surface area contributed by atoms with Crippen molar-refractivity contribution in [2.75, 3.05) is 0 Å². The van der Waals surface area contributed by atoms with Crippen molar-refractivity contribution >= 4 is 28.6 Å². The van der Waals surface area contributed by atoms with Crippen LogP contribution in [0.2, 0.25) is 39.3 Å². The lowest BCUT2D eigenvalue weighted by Crippen LogP contribution is -2.32. The van der Waals surface area contributed by atoms with E-state index in [1.54, 1.807) is 0 Å². The van der Waals surface area contributed by atoms with Gasteiger partial charge >= 0.3 is 0 Å². The van der Waals surface area contributed by atoms with Crippen LogP contribution in [0.5, 0.6) is 0 Å². The molecule has 6 heteroatoms. The molecule has 0 heterocycles. The topological polar surface area (TPSA) is 52.6 Å². The minimum atomic E-state index is -1.84. The first-order valence-corrected chi connectivity index (χ1v) is 13.7. The standard InChI is InChI=1S/C13H28O4Si2/c1-8-11(9-12(14)16-18(2,3)4)10-13(15)17-19(5,6)7/h11H,8-10H2,1-7H3. The van der Waals surface area contributed by atoms with Gasteiger partial charge in [-0.25, -0.2) is 0 Å².